The number of rotatable bonds is 5. The third kappa shape index (κ3) is 4.38. The number of amides is 1. The van der Waals surface area contributed by atoms with Gasteiger partial charge >= 0.3 is 0 Å². The van der Waals surface area contributed by atoms with Crippen LogP contribution in [0.15, 0.2) is 24.3 Å². The van der Waals surface area contributed by atoms with Crippen LogP contribution in [0.2, 0.25) is 0 Å². The zero-order valence-electron chi connectivity index (χ0n) is 16.3. The molecule has 0 aliphatic carbocycles. The summed E-state index contributed by atoms with van der Waals surface area (Å²) >= 11 is 0. The van der Waals surface area contributed by atoms with Gasteiger partial charge in [0, 0.05) is 39.3 Å². The summed E-state index contributed by atoms with van der Waals surface area (Å²) in [6.45, 7) is 5.11. The Morgan fingerprint density at radius 2 is 1.89 bits per heavy atom. The molecule has 2 aliphatic rings. The van der Waals surface area contributed by atoms with Crippen LogP contribution in [0, 0.1) is 0 Å². The molecule has 0 aromatic heterocycles. The van der Waals surface area contributed by atoms with Gasteiger partial charge < -0.3 is 14.5 Å². The maximum Gasteiger partial charge on any atom is 0.239 e. The monoisotopic (exact) mass is 395 g/mol. The average Bonchev–Trinajstić information content (AvgIpc) is 3.06. The van der Waals surface area contributed by atoms with Gasteiger partial charge in [-0.1, -0.05) is 12.1 Å². The van der Waals surface area contributed by atoms with Gasteiger partial charge in [0.25, 0.3) is 0 Å². The lowest BCUT2D eigenvalue weighted by Crippen LogP contribution is -2.55. The number of carbonyl (C=O) groups is 1. The molecule has 2 fully saturated rings. The molecule has 0 saturated carbocycles. The summed E-state index contributed by atoms with van der Waals surface area (Å²) in [4.78, 5) is 18.9. The number of nitrogens with zero attached hydrogens (tertiary/aromatic N) is 3. The molecule has 0 bridgehead atoms. The van der Waals surface area contributed by atoms with Crippen LogP contribution >= 0.6 is 0 Å². The topological polar surface area (TPSA) is 70.2 Å². The highest BCUT2D eigenvalue weighted by molar-refractivity contribution is 7.91. The van der Waals surface area contributed by atoms with E-state index in [2.05, 4.69) is 15.9 Å². The van der Waals surface area contributed by atoms with E-state index in [0.717, 1.165) is 37.6 Å². The van der Waals surface area contributed by atoms with Crippen molar-refractivity contribution in [3.63, 3.8) is 0 Å². The average molecular weight is 396 g/mol. The number of methoxy groups -OCH3 is 1. The summed E-state index contributed by atoms with van der Waals surface area (Å²) in [5.41, 5.74) is 1.08. The normalized spacial score (nSPS) is 23.8. The molecule has 8 heteroatoms. The van der Waals surface area contributed by atoms with Gasteiger partial charge in [0.2, 0.25) is 5.91 Å². The summed E-state index contributed by atoms with van der Waals surface area (Å²) in [7, 11) is 0.412. The Hall–Kier alpha value is -1.80. The van der Waals surface area contributed by atoms with Crippen molar-refractivity contribution < 1.29 is 17.9 Å². The number of sulfone groups is 1. The lowest BCUT2D eigenvalue weighted by Gasteiger charge is -2.40. The SMILES string of the molecule is COc1ccccc1N1CCN([C@H](C)C(=O)N(C)[C@@H]2CCS(=O)(=O)C2)CC1. The molecule has 0 N–H and O–H groups in total. The summed E-state index contributed by atoms with van der Waals surface area (Å²) in [5, 5.41) is 0. The number of likely N-dealkylation sites (N-methyl/N-ethyl adjacent to an activating group) is 1. The molecular formula is C19H29N3O4S. The minimum absolute atomic E-state index is 0.00263. The van der Waals surface area contributed by atoms with Gasteiger partial charge in [0.1, 0.15) is 5.75 Å². The number of ether oxygens (including phenoxy) is 1. The molecule has 2 aliphatic heterocycles. The molecule has 1 aromatic rings. The van der Waals surface area contributed by atoms with Crippen molar-refractivity contribution >= 4 is 21.4 Å². The highest BCUT2D eigenvalue weighted by Gasteiger charge is 2.36. The molecule has 0 unspecified atom stereocenters. The Morgan fingerprint density at radius 1 is 1.22 bits per heavy atom. The van der Waals surface area contributed by atoms with E-state index < -0.39 is 9.84 Å². The highest BCUT2D eigenvalue weighted by Crippen LogP contribution is 2.28. The van der Waals surface area contributed by atoms with E-state index in [1.807, 2.05) is 25.1 Å². The first kappa shape index (κ1) is 19.9. The van der Waals surface area contributed by atoms with E-state index in [-0.39, 0.29) is 29.5 Å². The van der Waals surface area contributed by atoms with Gasteiger partial charge in [-0.3, -0.25) is 9.69 Å². The van der Waals surface area contributed by atoms with E-state index in [0.29, 0.717) is 6.42 Å². The quantitative estimate of drug-likeness (QED) is 0.736. The van der Waals surface area contributed by atoms with Crippen LogP contribution in [0.25, 0.3) is 0 Å². The van der Waals surface area contributed by atoms with Gasteiger partial charge in [-0.05, 0) is 25.5 Å². The maximum atomic E-state index is 12.8. The number of benzene rings is 1. The Balaban J connectivity index is 1.58. The molecule has 1 aromatic carbocycles. The smallest absolute Gasteiger partial charge is 0.239 e. The van der Waals surface area contributed by atoms with Crippen LogP contribution in [0.4, 0.5) is 5.69 Å². The number of carbonyl (C=O) groups excluding carboxylic acids is 1. The second-order valence-corrected chi connectivity index (χ2v) is 9.61. The maximum absolute atomic E-state index is 12.8. The Bertz CT molecular complexity index is 775. The van der Waals surface area contributed by atoms with Gasteiger partial charge in [0.05, 0.1) is 30.3 Å². The molecule has 7 nitrogen and oxygen atoms in total. The Labute approximate surface area is 161 Å². The molecular weight excluding hydrogens is 366 g/mol. The second kappa shape index (κ2) is 8.06. The number of hydrogen-bond acceptors (Lipinski definition) is 6. The molecule has 0 radical (unpaired) electrons. The summed E-state index contributed by atoms with van der Waals surface area (Å²) < 4.78 is 28.8. The van der Waals surface area contributed by atoms with Gasteiger partial charge in [-0.15, -0.1) is 0 Å². The van der Waals surface area contributed by atoms with Crippen molar-refractivity contribution in [2.24, 2.45) is 0 Å². The van der Waals surface area contributed by atoms with E-state index in [1.54, 1.807) is 19.1 Å². The van der Waals surface area contributed by atoms with Crippen LogP contribution in [0.1, 0.15) is 13.3 Å². The number of anilines is 1. The van der Waals surface area contributed by atoms with E-state index in [1.165, 1.54) is 0 Å². The van der Waals surface area contributed by atoms with Crippen LogP contribution < -0.4 is 9.64 Å². The first-order valence-electron chi connectivity index (χ1n) is 9.41. The summed E-state index contributed by atoms with van der Waals surface area (Å²) in [6.07, 6.45) is 0.541. The van der Waals surface area contributed by atoms with Crippen molar-refractivity contribution in [2.75, 3.05) is 56.7 Å². The fourth-order valence-electron chi connectivity index (χ4n) is 3.95. The third-order valence-corrected chi connectivity index (χ3v) is 7.50. The Kier molecular flexibility index (Phi) is 5.95. The van der Waals surface area contributed by atoms with Crippen molar-refractivity contribution in [1.29, 1.82) is 0 Å². The van der Waals surface area contributed by atoms with Gasteiger partial charge in [-0.25, -0.2) is 8.42 Å². The molecule has 150 valence electrons. The van der Waals surface area contributed by atoms with Crippen molar-refractivity contribution in [3.05, 3.63) is 24.3 Å². The lowest BCUT2D eigenvalue weighted by atomic mass is 10.1. The molecule has 27 heavy (non-hydrogen) atoms. The molecule has 2 heterocycles. The predicted molar refractivity (Wildman–Crippen MR) is 106 cm³/mol. The van der Waals surface area contributed by atoms with Crippen LogP contribution in [0.5, 0.6) is 5.75 Å². The summed E-state index contributed by atoms with van der Waals surface area (Å²) in [5.74, 6) is 1.13. The van der Waals surface area contributed by atoms with E-state index >= 15 is 0 Å². The fourth-order valence-corrected chi connectivity index (χ4v) is 5.73. The molecule has 3 rings (SSSR count). The van der Waals surface area contributed by atoms with Crippen LogP contribution in [-0.2, 0) is 14.6 Å². The van der Waals surface area contributed by atoms with Gasteiger partial charge in [0.15, 0.2) is 9.84 Å². The first-order valence-corrected chi connectivity index (χ1v) is 11.2. The van der Waals surface area contributed by atoms with Gasteiger partial charge in [-0.2, -0.15) is 0 Å². The minimum Gasteiger partial charge on any atom is -0.495 e. The second-order valence-electron chi connectivity index (χ2n) is 7.38. The first-order chi connectivity index (χ1) is 12.8. The highest BCUT2D eigenvalue weighted by atomic mass is 32.2. The molecule has 0 spiro atoms. The van der Waals surface area contributed by atoms with Crippen molar-refractivity contribution in [1.82, 2.24) is 9.80 Å². The standard InChI is InChI=1S/C19H29N3O4S/c1-15(19(23)20(2)16-8-13-27(24,25)14-16)21-9-11-22(12-10-21)17-6-4-5-7-18(17)26-3/h4-7,15-16H,8-14H2,1-3H3/t15-,16-/m1/s1. The van der Waals surface area contributed by atoms with Crippen molar-refractivity contribution in [3.8, 4) is 5.75 Å². The van der Waals surface area contributed by atoms with Crippen LogP contribution in [-0.4, -0.2) is 88.1 Å². The zero-order chi connectivity index (χ0) is 19.6. The zero-order valence-corrected chi connectivity index (χ0v) is 17.1. The number of hydrogen-bond donors (Lipinski definition) is 0. The predicted octanol–water partition coefficient (Wildman–Crippen LogP) is 0.851. The molecule has 2 atom stereocenters. The fraction of sp³-hybridized carbons (Fsp3) is 0.632. The summed E-state index contributed by atoms with van der Waals surface area (Å²) in [6, 6.07) is 7.52. The van der Waals surface area contributed by atoms with Crippen LogP contribution in [0.3, 0.4) is 0 Å². The number of piperazine rings is 1. The largest absolute Gasteiger partial charge is 0.495 e. The lowest BCUT2D eigenvalue weighted by molar-refractivity contribution is -0.136. The molecule has 2 saturated heterocycles. The third-order valence-electron chi connectivity index (χ3n) is 5.75. The number of para-hydroxylation sites is 2. The van der Waals surface area contributed by atoms with E-state index in [9.17, 15) is 13.2 Å². The minimum atomic E-state index is -3.00. The molecule has 1 amide bonds. The van der Waals surface area contributed by atoms with E-state index in [4.69, 9.17) is 4.74 Å². The van der Waals surface area contributed by atoms with Crippen molar-refractivity contribution in [2.45, 2.75) is 25.4 Å². The Morgan fingerprint density at radius 3 is 2.48 bits per heavy atom.